The van der Waals surface area contributed by atoms with E-state index in [1.54, 1.807) is 0 Å². The van der Waals surface area contributed by atoms with Crippen molar-refractivity contribution >= 4 is 12.6 Å². The highest BCUT2D eigenvalue weighted by molar-refractivity contribution is 6.62. The number of pyridine rings is 1. The Labute approximate surface area is 116 Å². The Morgan fingerprint density at radius 1 is 1.16 bits per heavy atom. The highest BCUT2D eigenvalue weighted by Crippen LogP contribution is 2.36. The van der Waals surface area contributed by atoms with Gasteiger partial charge in [-0.3, -0.25) is 4.98 Å². The van der Waals surface area contributed by atoms with Crippen molar-refractivity contribution in [3.8, 4) is 0 Å². The molecular weight excluding hydrogens is 239 g/mol. The quantitative estimate of drug-likeness (QED) is 0.835. The zero-order valence-corrected chi connectivity index (χ0v) is 12.5. The Kier molecular flexibility index (Phi) is 3.99. The van der Waals surface area contributed by atoms with Crippen LogP contribution in [-0.4, -0.2) is 29.8 Å². The highest BCUT2D eigenvalue weighted by Gasteiger charge is 2.51. The van der Waals surface area contributed by atoms with Crippen LogP contribution in [0, 0.1) is 0 Å². The topological polar surface area (TPSA) is 43.4 Å². The number of hydrogen-bond donors (Lipinski definition) is 1. The Balaban J connectivity index is 2.15. The van der Waals surface area contributed by atoms with Crippen LogP contribution in [0.5, 0.6) is 0 Å². The van der Waals surface area contributed by atoms with Crippen molar-refractivity contribution in [3.05, 3.63) is 24.0 Å². The first-order valence-corrected chi connectivity index (χ1v) is 6.86. The van der Waals surface area contributed by atoms with Crippen LogP contribution in [-0.2, 0) is 15.9 Å². The summed E-state index contributed by atoms with van der Waals surface area (Å²) in [4.78, 5) is 4.28. The minimum Gasteiger partial charge on any atom is -0.399 e. The van der Waals surface area contributed by atoms with Gasteiger partial charge in [-0.25, -0.2) is 0 Å². The molecule has 0 unspecified atom stereocenters. The predicted molar refractivity (Wildman–Crippen MR) is 77.3 cm³/mol. The van der Waals surface area contributed by atoms with Crippen molar-refractivity contribution in [2.24, 2.45) is 0 Å². The van der Waals surface area contributed by atoms with Crippen LogP contribution in [0.1, 0.15) is 40.2 Å². The molecule has 1 N–H and O–H groups in total. The normalized spacial score (nSPS) is 20.8. The van der Waals surface area contributed by atoms with Crippen LogP contribution >= 0.6 is 0 Å². The van der Waals surface area contributed by atoms with Crippen molar-refractivity contribution in [2.75, 3.05) is 6.54 Å². The maximum absolute atomic E-state index is 6.03. The first kappa shape index (κ1) is 14.5. The lowest BCUT2D eigenvalue weighted by atomic mass is 9.80. The van der Waals surface area contributed by atoms with Gasteiger partial charge in [-0.2, -0.15) is 0 Å². The fourth-order valence-electron chi connectivity index (χ4n) is 1.98. The Hall–Kier alpha value is -0.905. The van der Waals surface area contributed by atoms with E-state index in [1.807, 2.05) is 12.4 Å². The van der Waals surface area contributed by atoms with E-state index in [0.717, 1.165) is 24.1 Å². The van der Waals surface area contributed by atoms with Crippen molar-refractivity contribution in [1.82, 2.24) is 10.3 Å². The smallest absolute Gasteiger partial charge is 0.399 e. The van der Waals surface area contributed by atoms with Gasteiger partial charge >= 0.3 is 7.12 Å². The van der Waals surface area contributed by atoms with E-state index in [2.05, 4.69) is 51.0 Å². The van der Waals surface area contributed by atoms with E-state index >= 15 is 0 Å². The molecule has 1 saturated heterocycles. The average Bonchev–Trinajstić information content (AvgIpc) is 2.56. The van der Waals surface area contributed by atoms with Gasteiger partial charge in [0, 0.05) is 24.4 Å². The molecule has 0 radical (unpaired) electrons. The van der Waals surface area contributed by atoms with Gasteiger partial charge in [0.2, 0.25) is 0 Å². The second-order valence-electron chi connectivity index (χ2n) is 6.00. The van der Waals surface area contributed by atoms with Crippen LogP contribution < -0.4 is 10.8 Å². The fourth-order valence-corrected chi connectivity index (χ4v) is 1.98. The summed E-state index contributed by atoms with van der Waals surface area (Å²) in [5.74, 6) is 0. The Bertz CT molecular complexity index is 433. The zero-order chi connectivity index (χ0) is 14.1. The maximum atomic E-state index is 6.03. The summed E-state index contributed by atoms with van der Waals surface area (Å²) in [7, 11) is -0.334. The predicted octanol–water partition coefficient (Wildman–Crippen LogP) is 1.49. The molecule has 1 aromatic heterocycles. The number of aromatic nitrogens is 1. The van der Waals surface area contributed by atoms with E-state index in [1.165, 1.54) is 0 Å². The summed E-state index contributed by atoms with van der Waals surface area (Å²) < 4.78 is 12.1. The van der Waals surface area contributed by atoms with Crippen LogP contribution in [0.3, 0.4) is 0 Å². The lowest BCUT2D eigenvalue weighted by Crippen LogP contribution is -2.41. The van der Waals surface area contributed by atoms with Crippen LogP contribution in [0.4, 0.5) is 0 Å². The molecule has 4 nitrogen and oxygen atoms in total. The first-order valence-electron chi connectivity index (χ1n) is 6.86. The summed E-state index contributed by atoms with van der Waals surface area (Å²) in [6, 6.07) is 2.10. The second-order valence-corrected chi connectivity index (χ2v) is 6.00. The molecule has 0 amide bonds. The van der Waals surface area contributed by atoms with Gasteiger partial charge in [0.05, 0.1) is 11.2 Å². The maximum Gasteiger partial charge on any atom is 0.496 e. The standard InChI is InChI=1S/C14H23BN2O2/c1-6-16-8-11-7-12(10-17-9-11)15-18-13(2,3)14(4,5)19-15/h7,9-10,16H,6,8H2,1-5H3. The zero-order valence-electron chi connectivity index (χ0n) is 12.5. The van der Waals surface area contributed by atoms with Crippen molar-refractivity contribution in [3.63, 3.8) is 0 Å². The summed E-state index contributed by atoms with van der Waals surface area (Å²) in [5, 5.41) is 3.29. The van der Waals surface area contributed by atoms with E-state index in [9.17, 15) is 0 Å². The molecular formula is C14H23BN2O2. The third-order valence-electron chi connectivity index (χ3n) is 3.92. The largest absolute Gasteiger partial charge is 0.496 e. The van der Waals surface area contributed by atoms with Gasteiger partial charge in [0.1, 0.15) is 0 Å². The van der Waals surface area contributed by atoms with E-state index < -0.39 is 0 Å². The summed E-state index contributed by atoms with van der Waals surface area (Å²) in [6.45, 7) is 12.1. The Morgan fingerprint density at radius 3 is 2.37 bits per heavy atom. The van der Waals surface area contributed by atoms with Gasteiger partial charge in [0.25, 0.3) is 0 Å². The molecule has 0 saturated carbocycles. The molecule has 2 rings (SSSR count). The molecule has 0 spiro atoms. The number of hydrogen-bond acceptors (Lipinski definition) is 4. The number of rotatable bonds is 4. The minimum atomic E-state index is -0.334. The van der Waals surface area contributed by atoms with Crippen molar-refractivity contribution < 1.29 is 9.31 Å². The van der Waals surface area contributed by atoms with Crippen molar-refractivity contribution in [2.45, 2.75) is 52.4 Å². The van der Waals surface area contributed by atoms with Gasteiger partial charge in [-0.05, 0) is 39.8 Å². The summed E-state index contributed by atoms with van der Waals surface area (Å²) in [5.41, 5.74) is 1.51. The molecule has 1 aromatic rings. The minimum absolute atomic E-state index is 0.310. The molecule has 5 heteroatoms. The van der Waals surface area contributed by atoms with Gasteiger partial charge < -0.3 is 14.6 Å². The third-order valence-corrected chi connectivity index (χ3v) is 3.92. The van der Waals surface area contributed by atoms with Crippen molar-refractivity contribution in [1.29, 1.82) is 0 Å². The third kappa shape index (κ3) is 2.99. The van der Waals surface area contributed by atoms with Crippen LogP contribution in [0.25, 0.3) is 0 Å². The fraction of sp³-hybridized carbons (Fsp3) is 0.643. The molecule has 1 fully saturated rings. The van der Waals surface area contributed by atoms with E-state index in [0.29, 0.717) is 0 Å². The Morgan fingerprint density at radius 2 is 1.79 bits per heavy atom. The molecule has 0 aromatic carbocycles. The van der Waals surface area contributed by atoms with E-state index in [4.69, 9.17) is 9.31 Å². The van der Waals surface area contributed by atoms with Gasteiger partial charge in [-0.15, -0.1) is 0 Å². The van der Waals surface area contributed by atoms with Crippen LogP contribution in [0.15, 0.2) is 18.5 Å². The molecule has 0 bridgehead atoms. The highest BCUT2D eigenvalue weighted by atomic mass is 16.7. The SMILES string of the molecule is CCNCc1cncc(B2OC(C)(C)C(C)(C)O2)c1. The number of nitrogens with one attached hydrogen (secondary N) is 1. The molecule has 104 valence electrons. The molecule has 0 atom stereocenters. The monoisotopic (exact) mass is 262 g/mol. The molecule has 19 heavy (non-hydrogen) atoms. The van der Waals surface area contributed by atoms with E-state index in [-0.39, 0.29) is 18.3 Å². The molecule has 0 aliphatic carbocycles. The van der Waals surface area contributed by atoms with Crippen LogP contribution in [0.2, 0.25) is 0 Å². The van der Waals surface area contributed by atoms with Gasteiger partial charge in [0.15, 0.2) is 0 Å². The second kappa shape index (κ2) is 5.23. The van der Waals surface area contributed by atoms with Gasteiger partial charge in [-0.1, -0.05) is 13.0 Å². The lowest BCUT2D eigenvalue weighted by molar-refractivity contribution is 0.00578. The first-order chi connectivity index (χ1) is 8.86. The average molecular weight is 262 g/mol. The summed E-state index contributed by atoms with van der Waals surface area (Å²) in [6.07, 6.45) is 3.69. The number of nitrogens with zero attached hydrogens (tertiary/aromatic N) is 1. The summed E-state index contributed by atoms with van der Waals surface area (Å²) >= 11 is 0. The molecule has 2 heterocycles. The molecule has 1 aliphatic heterocycles. The molecule has 1 aliphatic rings. The lowest BCUT2D eigenvalue weighted by Gasteiger charge is -2.32.